The summed E-state index contributed by atoms with van der Waals surface area (Å²) >= 11 is 0. The standard InChI is InChI=1S/C21H15N3O2/c25-20(26)15-10-12-16(13-11-15)22-21-23-18-9-5-4-8-17(18)19(24-21)14-6-2-1-3-7-14/h1-13H,(H,25,26)(H,22,23,24)/p-1. The minimum absolute atomic E-state index is 0.125. The Labute approximate surface area is 150 Å². The quantitative estimate of drug-likeness (QED) is 0.616. The number of anilines is 2. The van der Waals surface area contributed by atoms with Gasteiger partial charge in [-0.25, -0.2) is 9.97 Å². The first-order valence-electron chi connectivity index (χ1n) is 8.11. The van der Waals surface area contributed by atoms with Crippen molar-refractivity contribution in [2.24, 2.45) is 0 Å². The summed E-state index contributed by atoms with van der Waals surface area (Å²) < 4.78 is 0. The van der Waals surface area contributed by atoms with Crippen LogP contribution in [0.1, 0.15) is 10.4 Å². The third-order valence-corrected chi connectivity index (χ3v) is 4.03. The number of carbonyl (C=O) groups is 1. The van der Waals surface area contributed by atoms with Gasteiger partial charge in [0.2, 0.25) is 5.95 Å². The van der Waals surface area contributed by atoms with Crippen LogP contribution in [0, 0.1) is 0 Å². The zero-order chi connectivity index (χ0) is 17.9. The molecule has 0 bridgehead atoms. The molecule has 0 radical (unpaired) electrons. The number of nitrogens with zero attached hydrogens (tertiary/aromatic N) is 2. The SMILES string of the molecule is O=C([O-])c1ccc(Nc2nc(-c3ccccc3)c3ccccc3n2)cc1. The van der Waals surface area contributed by atoms with E-state index in [4.69, 9.17) is 0 Å². The molecule has 0 atom stereocenters. The zero-order valence-corrected chi connectivity index (χ0v) is 13.7. The number of carbonyl (C=O) groups excluding carboxylic acids is 1. The second kappa shape index (κ2) is 6.64. The summed E-state index contributed by atoms with van der Waals surface area (Å²) in [6.07, 6.45) is 0. The van der Waals surface area contributed by atoms with E-state index in [2.05, 4.69) is 15.3 Å². The van der Waals surface area contributed by atoms with E-state index in [0.29, 0.717) is 11.6 Å². The van der Waals surface area contributed by atoms with Gasteiger partial charge in [-0.2, -0.15) is 0 Å². The predicted octanol–water partition coefficient (Wildman–Crippen LogP) is 3.40. The van der Waals surface area contributed by atoms with Crippen molar-refractivity contribution in [3.8, 4) is 11.3 Å². The minimum Gasteiger partial charge on any atom is -0.545 e. The number of carboxylic acids is 1. The van der Waals surface area contributed by atoms with Gasteiger partial charge in [-0.3, -0.25) is 0 Å². The van der Waals surface area contributed by atoms with E-state index in [1.807, 2.05) is 54.6 Å². The Balaban J connectivity index is 1.77. The molecule has 5 nitrogen and oxygen atoms in total. The van der Waals surface area contributed by atoms with Crippen molar-refractivity contribution in [1.29, 1.82) is 0 Å². The molecule has 0 aliphatic rings. The first kappa shape index (κ1) is 15.8. The molecule has 5 heteroatoms. The molecule has 4 rings (SSSR count). The zero-order valence-electron chi connectivity index (χ0n) is 13.7. The van der Waals surface area contributed by atoms with Crippen LogP contribution in [0.2, 0.25) is 0 Å². The van der Waals surface area contributed by atoms with Crippen molar-refractivity contribution in [3.05, 3.63) is 84.4 Å². The number of rotatable bonds is 4. The van der Waals surface area contributed by atoms with Crippen LogP contribution < -0.4 is 10.4 Å². The van der Waals surface area contributed by atoms with Gasteiger partial charge < -0.3 is 15.2 Å². The number of para-hydroxylation sites is 1. The van der Waals surface area contributed by atoms with E-state index in [1.165, 1.54) is 12.1 Å². The molecular formula is C21H14N3O2-. The van der Waals surface area contributed by atoms with Gasteiger partial charge >= 0.3 is 0 Å². The molecule has 0 aliphatic carbocycles. The molecule has 126 valence electrons. The van der Waals surface area contributed by atoms with Crippen LogP contribution in [0.3, 0.4) is 0 Å². The fraction of sp³-hybridized carbons (Fsp3) is 0. The average Bonchev–Trinajstić information content (AvgIpc) is 2.68. The molecule has 0 unspecified atom stereocenters. The van der Waals surface area contributed by atoms with Crippen LogP contribution in [0.25, 0.3) is 22.2 Å². The van der Waals surface area contributed by atoms with Crippen LogP contribution >= 0.6 is 0 Å². The lowest BCUT2D eigenvalue weighted by Gasteiger charge is -2.11. The van der Waals surface area contributed by atoms with Gasteiger partial charge in [-0.15, -0.1) is 0 Å². The fourth-order valence-corrected chi connectivity index (χ4v) is 2.77. The Hall–Kier alpha value is -3.73. The minimum atomic E-state index is -1.20. The van der Waals surface area contributed by atoms with Crippen molar-refractivity contribution < 1.29 is 9.90 Å². The van der Waals surface area contributed by atoms with Crippen LogP contribution in [-0.4, -0.2) is 15.9 Å². The predicted molar refractivity (Wildman–Crippen MR) is 99.0 cm³/mol. The highest BCUT2D eigenvalue weighted by Gasteiger charge is 2.09. The van der Waals surface area contributed by atoms with Crippen LogP contribution in [0.15, 0.2) is 78.9 Å². The summed E-state index contributed by atoms with van der Waals surface area (Å²) in [7, 11) is 0. The molecule has 3 aromatic carbocycles. The maximum Gasteiger partial charge on any atom is 0.228 e. The Bertz CT molecular complexity index is 1080. The van der Waals surface area contributed by atoms with E-state index in [-0.39, 0.29) is 5.56 Å². The van der Waals surface area contributed by atoms with Crippen LogP contribution in [0.5, 0.6) is 0 Å². The number of nitrogens with one attached hydrogen (secondary N) is 1. The van der Waals surface area contributed by atoms with Gasteiger partial charge in [-0.1, -0.05) is 60.7 Å². The topological polar surface area (TPSA) is 77.9 Å². The number of benzene rings is 3. The van der Waals surface area contributed by atoms with E-state index >= 15 is 0 Å². The highest BCUT2D eigenvalue weighted by molar-refractivity contribution is 5.93. The Morgan fingerprint density at radius 2 is 1.50 bits per heavy atom. The van der Waals surface area contributed by atoms with Crippen LogP contribution in [-0.2, 0) is 0 Å². The van der Waals surface area contributed by atoms with Gasteiger partial charge in [-0.05, 0) is 23.8 Å². The molecule has 1 N–H and O–H groups in total. The monoisotopic (exact) mass is 340 g/mol. The third kappa shape index (κ3) is 3.10. The summed E-state index contributed by atoms with van der Waals surface area (Å²) in [6, 6.07) is 24.0. The third-order valence-electron chi connectivity index (χ3n) is 4.03. The van der Waals surface area contributed by atoms with Crippen molar-refractivity contribution in [1.82, 2.24) is 9.97 Å². The highest BCUT2D eigenvalue weighted by Crippen LogP contribution is 2.28. The summed E-state index contributed by atoms with van der Waals surface area (Å²) in [4.78, 5) is 20.1. The normalized spacial score (nSPS) is 10.6. The number of fused-ring (bicyclic) bond motifs is 1. The lowest BCUT2D eigenvalue weighted by atomic mass is 10.1. The lowest BCUT2D eigenvalue weighted by Crippen LogP contribution is -2.21. The number of aromatic nitrogens is 2. The summed E-state index contributed by atoms with van der Waals surface area (Å²) in [5, 5.41) is 15.0. The van der Waals surface area contributed by atoms with Crippen molar-refractivity contribution in [2.45, 2.75) is 0 Å². The van der Waals surface area contributed by atoms with Gasteiger partial charge in [0.25, 0.3) is 0 Å². The van der Waals surface area contributed by atoms with Gasteiger partial charge in [0.1, 0.15) is 0 Å². The van der Waals surface area contributed by atoms with Gasteiger partial charge in [0.15, 0.2) is 0 Å². The maximum absolute atomic E-state index is 10.9. The first-order valence-corrected chi connectivity index (χ1v) is 8.11. The molecule has 4 aromatic rings. The number of hydrogen-bond donors (Lipinski definition) is 1. The second-order valence-electron chi connectivity index (χ2n) is 5.77. The Morgan fingerprint density at radius 3 is 2.23 bits per heavy atom. The van der Waals surface area contributed by atoms with Gasteiger partial charge in [0.05, 0.1) is 17.2 Å². The molecule has 0 aliphatic heterocycles. The Morgan fingerprint density at radius 1 is 0.808 bits per heavy atom. The molecule has 0 saturated heterocycles. The number of carboxylic acid groups (broad SMARTS) is 1. The van der Waals surface area contributed by atoms with Crippen LogP contribution in [0.4, 0.5) is 11.6 Å². The molecule has 26 heavy (non-hydrogen) atoms. The Kier molecular flexibility index (Phi) is 4.03. The molecular weight excluding hydrogens is 326 g/mol. The van der Waals surface area contributed by atoms with E-state index < -0.39 is 5.97 Å². The molecule has 0 spiro atoms. The van der Waals surface area contributed by atoms with E-state index in [9.17, 15) is 9.90 Å². The molecule has 1 heterocycles. The molecule has 0 amide bonds. The first-order chi connectivity index (χ1) is 12.7. The fourth-order valence-electron chi connectivity index (χ4n) is 2.77. The van der Waals surface area contributed by atoms with Crippen molar-refractivity contribution in [2.75, 3.05) is 5.32 Å². The average molecular weight is 340 g/mol. The summed E-state index contributed by atoms with van der Waals surface area (Å²) in [6.45, 7) is 0. The summed E-state index contributed by atoms with van der Waals surface area (Å²) in [5.41, 5.74) is 3.49. The smallest absolute Gasteiger partial charge is 0.228 e. The molecule has 0 fully saturated rings. The molecule has 1 aromatic heterocycles. The second-order valence-corrected chi connectivity index (χ2v) is 5.77. The summed E-state index contributed by atoms with van der Waals surface area (Å²) in [5.74, 6) is -0.756. The van der Waals surface area contributed by atoms with Crippen molar-refractivity contribution >= 4 is 28.5 Å². The highest BCUT2D eigenvalue weighted by atomic mass is 16.4. The number of aromatic carboxylic acids is 1. The number of hydrogen-bond acceptors (Lipinski definition) is 5. The van der Waals surface area contributed by atoms with E-state index in [1.54, 1.807) is 12.1 Å². The van der Waals surface area contributed by atoms with Crippen molar-refractivity contribution in [3.63, 3.8) is 0 Å². The largest absolute Gasteiger partial charge is 0.545 e. The maximum atomic E-state index is 10.9. The molecule has 0 saturated carbocycles. The lowest BCUT2D eigenvalue weighted by molar-refractivity contribution is -0.255. The van der Waals surface area contributed by atoms with E-state index in [0.717, 1.165) is 22.2 Å². The van der Waals surface area contributed by atoms with Gasteiger partial charge in [0, 0.05) is 16.6 Å².